The van der Waals surface area contributed by atoms with Crippen molar-refractivity contribution in [1.82, 2.24) is 0 Å². The quantitative estimate of drug-likeness (QED) is 0.886. The van der Waals surface area contributed by atoms with Crippen molar-refractivity contribution >= 4 is 21.4 Å². The van der Waals surface area contributed by atoms with Gasteiger partial charge in [0.1, 0.15) is 0 Å². The molecule has 2 aromatic rings. The molecular formula is C16H18N2O2S. The van der Waals surface area contributed by atoms with Gasteiger partial charge in [0.25, 0.3) is 0 Å². The van der Waals surface area contributed by atoms with Gasteiger partial charge in [-0.3, -0.25) is 4.31 Å². The second-order valence-corrected chi connectivity index (χ2v) is 7.20. The molecule has 0 amide bonds. The van der Waals surface area contributed by atoms with Crippen LogP contribution in [-0.4, -0.2) is 15.0 Å². The van der Waals surface area contributed by atoms with Crippen molar-refractivity contribution < 1.29 is 8.42 Å². The van der Waals surface area contributed by atoms with Gasteiger partial charge in [-0.05, 0) is 36.1 Å². The Morgan fingerprint density at radius 2 is 1.86 bits per heavy atom. The molecule has 0 spiro atoms. The van der Waals surface area contributed by atoms with Crippen molar-refractivity contribution in [3.8, 4) is 0 Å². The summed E-state index contributed by atoms with van der Waals surface area (Å²) in [6.45, 7) is 0.519. The molecule has 4 nitrogen and oxygen atoms in total. The van der Waals surface area contributed by atoms with Gasteiger partial charge in [-0.2, -0.15) is 0 Å². The summed E-state index contributed by atoms with van der Waals surface area (Å²) >= 11 is 0. The highest BCUT2D eigenvalue weighted by molar-refractivity contribution is 7.92. The van der Waals surface area contributed by atoms with Gasteiger partial charge in [0.15, 0.2) is 0 Å². The van der Waals surface area contributed by atoms with E-state index in [2.05, 4.69) is 0 Å². The number of nitrogens with two attached hydrogens (primary N) is 1. The molecule has 0 atom stereocenters. The molecule has 2 N–H and O–H groups in total. The molecule has 2 aromatic carbocycles. The van der Waals surface area contributed by atoms with Crippen molar-refractivity contribution in [2.75, 3.05) is 16.6 Å². The van der Waals surface area contributed by atoms with Crippen LogP contribution in [0.25, 0.3) is 0 Å². The van der Waals surface area contributed by atoms with Gasteiger partial charge in [0.2, 0.25) is 10.0 Å². The average Bonchev–Trinajstić information content (AvgIpc) is 2.47. The number of hydrogen-bond donors (Lipinski definition) is 1. The number of aryl methyl sites for hydroxylation is 1. The van der Waals surface area contributed by atoms with E-state index in [0.29, 0.717) is 12.2 Å². The number of hydrogen-bond acceptors (Lipinski definition) is 3. The van der Waals surface area contributed by atoms with Gasteiger partial charge in [-0.15, -0.1) is 0 Å². The Morgan fingerprint density at radius 1 is 1.10 bits per heavy atom. The minimum absolute atomic E-state index is 0.0160. The van der Waals surface area contributed by atoms with Crippen LogP contribution < -0.4 is 10.0 Å². The first-order valence-corrected chi connectivity index (χ1v) is 8.60. The molecule has 0 fully saturated rings. The summed E-state index contributed by atoms with van der Waals surface area (Å²) in [5, 5.41) is 0. The lowest BCUT2D eigenvalue weighted by atomic mass is 10.0. The van der Waals surface area contributed by atoms with Gasteiger partial charge in [0, 0.05) is 12.2 Å². The lowest BCUT2D eigenvalue weighted by Crippen LogP contribution is -2.36. The second-order valence-electron chi connectivity index (χ2n) is 5.31. The van der Waals surface area contributed by atoms with Crippen LogP contribution in [0.15, 0.2) is 48.5 Å². The van der Waals surface area contributed by atoms with Gasteiger partial charge in [0.05, 0.1) is 11.4 Å². The Balaban J connectivity index is 1.96. The van der Waals surface area contributed by atoms with E-state index in [1.54, 1.807) is 6.07 Å². The van der Waals surface area contributed by atoms with E-state index in [0.717, 1.165) is 29.7 Å². The fraction of sp³-hybridized carbons (Fsp3) is 0.250. The van der Waals surface area contributed by atoms with Crippen LogP contribution in [0.5, 0.6) is 0 Å². The normalized spacial score (nSPS) is 14.8. The summed E-state index contributed by atoms with van der Waals surface area (Å²) in [7, 11) is -3.39. The highest BCUT2D eigenvalue weighted by Crippen LogP contribution is 2.32. The number of nitrogens with zero attached hydrogens (tertiary/aromatic N) is 1. The molecule has 1 heterocycles. The summed E-state index contributed by atoms with van der Waals surface area (Å²) < 4.78 is 26.9. The molecule has 0 bridgehead atoms. The zero-order valence-electron chi connectivity index (χ0n) is 11.7. The number of nitrogen functional groups attached to an aromatic ring is 1. The van der Waals surface area contributed by atoms with Crippen LogP contribution in [0, 0.1) is 0 Å². The maximum atomic E-state index is 12.7. The molecule has 3 rings (SSSR count). The van der Waals surface area contributed by atoms with Gasteiger partial charge in [-0.25, -0.2) is 8.42 Å². The molecule has 0 unspecified atom stereocenters. The van der Waals surface area contributed by atoms with Gasteiger partial charge >= 0.3 is 0 Å². The number of fused-ring (bicyclic) bond motifs is 1. The zero-order chi connectivity index (χ0) is 14.9. The summed E-state index contributed by atoms with van der Waals surface area (Å²) in [5.74, 6) is 0.0160. The maximum Gasteiger partial charge on any atom is 0.239 e. The fourth-order valence-electron chi connectivity index (χ4n) is 2.71. The molecule has 0 radical (unpaired) electrons. The smallest absolute Gasteiger partial charge is 0.239 e. The third-order valence-corrected chi connectivity index (χ3v) is 5.46. The molecule has 1 aliphatic rings. The Kier molecular flexibility index (Phi) is 3.59. The van der Waals surface area contributed by atoms with E-state index in [-0.39, 0.29) is 5.75 Å². The van der Waals surface area contributed by atoms with Crippen LogP contribution in [0.3, 0.4) is 0 Å². The number of benzene rings is 2. The predicted molar refractivity (Wildman–Crippen MR) is 85.6 cm³/mol. The molecule has 21 heavy (non-hydrogen) atoms. The average molecular weight is 302 g/mol. The van der Waals surface area contributed by atoms with E-state index >= 15 is 0 Å². The van der Waals surface area contributed by atoms with Crippen LogP contribution in [-0.2, 0) is 22.2 Å². The standard InChI is InChI=1S/C16H18N2O2S/c17-15-9-8-14-7-4-10-18(16(14)11-15)21(19,20)12-13-5-2-1-3-6-13/h1-3,5-6,8-9,11H,4,7,10,12,17H2. The lowest BCUT2D eigenvalue weighted by molar-refractivity contribution is 0.586. The van der Waals surface area contributed by atoms with Crippen LogP contribution in [0.1, 0.15) is 17.5 Å². The number of anilines is 2. The Bertz CT molecular complexity index is 742. The third-order valence-electron chi connectivity index (χ3n) is 3.71. The SMILES string of the molecule is Nc1ccc2c(c1)N(S(=O)(=O)Cc1ccccc1)CCC2. The predicted octanol–water partition coefficient (Wildman–Crippen LogP) is 2.55. The highest BCUT2D eigenvalue weighted by atomic mass is 32.2. The van der Waals surface area contributed by atoms with E-state index < -0.39 is 10.0 Å². The van der Waals surface area contributed by atoms with Crippen molar-refractivity contribution in [3.63, 3.8) is 0 Å². The Hall–Kier alpha value is -2.01. The topological polar surface area (TPSA) is 63.4 Å². The van der Waals surface area contributed by atoms with Crippen molar-refractivity contribution in [3.05, 3.63) is 59.7 Å². The maximum absolute atomic E-state index is 12.7. The van der Waals surface area contributed by atoms with Crippen molar-refractivity contribution in [2.45, 2.75) is 18.6 Å². The Morgan fingerprint density at radius 3 is 2.62 bits per heavy atom. The summed E-state index contributed by atoms with van der Waals surface area (Å²) in [5.41, 5.74) is 8.99. The zero-order valence-corrected chi connectivity index (χ0v) is 12.5. The van der Waals surface area contributed by atoms with E-state index in [1.807, 2.05) is 42.5 Å². The molecule has 0 aliphatic carbocycles. The summed E-state index contributed by atoms with van der Waals surface area (Å²) in [6.07, 6.45) is 1.73. The molecule has 0 saturated heterocycles. The minimum Gasteiger partial charge on any atom is -0.399 e. The molecular weight excluding hydrogens is 284 g/mol. The fourth-order valence-corrected chi connectivity index (χ4v) is 4.36. The van der Waals surface area contributed by atoms with Gasteiger partial charge in [-0.1, -0.05) is 36.4 Å². The van der Waals surface area contributed by atoms with Crippen LogP contribution >= 0.6 is 0 Å². The first-order chi connectivity index (χ1) is 10.1. The summed E-state index contributed by atoms with van der Waals surface area (Å²) in [4.78, 5) is 0. The third kappa shape index (κ3) is 2.88. The van der Waals surface area contributed by atoms with Crippen molar-refractivity contribution in [2.24, 2.45) is 0 Å². The molecule has 110 valence electrons. The second kappa shape index (κ2) is 5.41. The first-order valence-electron chi connectivity index (χ1n) is 6.99. The monoisotopic (exact) mass is 302 g/mol. The molecule has 0 saturated carbocycles. The molecule has 5 heteroatoms. The first kappa shape index (κ1) is 13.9. The van der Waals surface area contributed by atoms with E-state index in [9.17, 15) is 8.42 Å². The van der Waals surface area contributed by atoms with Crippen LogP contribution in [0.4, 0.5) is 11.4 Å². The van der Waals surface area contributed by atoms with Crippen LogP contribution in [0.2, 0.25) is 0 Å². The molecule has 1 aliphatic heterocycles. The molecule has 0 aromatic heterocycles. The van der Waals surface area contributed by atoms with Crippen molar-refractivity contribution in [1.29, 1.82) is 0 Å². The number of rotatable bonds is 3. The highest BCUT2D eigenvalue weighted by Gasteiger charge is 2.27. The lowest BCUT2D eigenvalue weighted by Gasteiger charge is -2.30. The van der Waals surface area contributed by atoms with Gasteiger partial charge < -0.3 is 5.73 Å². The van der Waals surface area contributed by atoms with E-state index in [1.165, 1.54) is 4.31 Å². The Labute approximate surface area is 125 Å². The largest absolute Gasteiger partial charge is 0.399 e. The van der Waals surface area contributed by atoms with E-state index in [4.69, 9.17) is 5.73 Å². The number of sulfonamides is 1. The minimum atomic E-state index is -3.39. The summed E-state index contributed by atoms with van der Waals surface area (Å²) in [6, 6.07) is 14.8.